The third kappa shape index (κ3) is 16.9. The Bertz CT molecular complexity index is 3640. The molecule has 0 saturated heterocycles. The molecule has 10 aromatic rings. The van der Waals surface area contributed by atoms with Gasteiger partial charge in [-0.15, -0.1) is 0 Å². The number of aromatic nitrogens is 2. The molecule has 0 unspecified atom stereocenters. The Hall–Kier alpha value is -6.52. The molecule has 0 aliphatic carbocycles. The van der Waals surface area contributed by atoms with Crippen LogP contribution in [0.25, 0.3) is 0 Å². The highest BCUT2D eigenvalue weighted by Gasteiger charge is 2.24. The summed E-state index contributed by atoms with van der Waals surface area (Å²) in [5, 5.41) is 1.35. The number of para-hydroxylation sites is 1. The Balaban J connectivity index is 0.000000196. The maximum absolute atomic E-state index is 6.86. The van der Waals surface area contributed by atoms with E-state index in [0.717, 1.165) is 82.1 Å². The highest BCUT2D eigenvalue weighted by atomic mass is 79.9. The number of hydrogen-bond acceptors (Lipinski definition) is 5. The van der Waals surface area contributed by atoms with Gasteiger partial charge in [0.15, 0.2) is 0 Å². The smallest absolute Gasteiger partial charge is 0.140 e. The molecular weight excluding hydrogens is 1280 g/mol. The lowest BCUT2D eigenvalue weighted by Crippen LogP contribution is -2.17. The first-order chi connectivity index (χ1) is 40.3. The van der Waals surface area contributed by atoms with E-state index in [0.29, 0.717) is 5.02 Å². The largest absolute Gasteiger partial charge is 0.295 e. The van der Waals surface area contributed by atoms with E-state index < -0.39 is 0 Å². The molecule has 8 aromatic carbocycles. The van der Waals surface area contributed by atoms with Crippen molar-refractivity contribution in [3.05, 3.63) is 287 Å². The van der Waals surface area contributed by atoms with E-state index in [2.05, 4.69) is 315 Å². The summed E-state index contributed by atoms with van der Waals surface area (Å²) < 4.78 is 2.66. The number of nitrogens with zero attached hydrogens (tertiary/aromatic N) is 5. The van der Waals surface area contributed by atoms with Crippen LogP contribution in [0.4, 0.5) is 51.6 Å². The van der Waals surface area contributed by atoms with E-state index in [1.807, 2.05) is 60.7 Å². The first kappa shape index (κ1) is 64.5. The highest BCUT2D eigenvalue weighted by molar-refractivity contribution is 9.11. The molecule has 436 valence electrons. The summed E-state index contributed by atoms with van der Waals surface area (Å²) in [4.78, 5) is 16.9. The number of benzene rings is 8. The molecule has 10 heteroatoms. The first-order valence-electron chi connectivity index (χ1n) is 28.6. The van der Waals surface area contributed by atoms with Crippen LogP contribution in [0, 0.1) is 0 Å². The SMILES string of the molecule is CC(C)(C)c1ccc(N(c2ccc(C(C)(C)C)cc2)c2cccc(Cc3ccccc3)n2)cc1.CC(C)(C)c1ccc(N(c2ccc(C(C)(C)C)cc2)c2cccc(N(c3ccccc3)c3cccc(Br)c3Cl)n2)cc1.Clc1c(Br)cccc1Br. The number of pyridine rings is 2. The molecule has 10 rings (SSSR count). The Morgan fingerprint density at radius 1 is 0.306 bits per heavy atom. The van der Waals surface area contributed by atoms with E-state index in [1.54, 1.807) is 0 Å². The van der Waals surface area contributed by atoms with Gasteiger partial charge in [-0.3, -0.25) is 14.7 Å². The van der Waals surface area contributed by atoms with Crippen LogP contribution >= 0.6 is 71.0 Å². The Morgan fingerprint density at radius 3 is 0.988 bits per heavy atom. The molecule has 85 heavy (non-hydrogen) atoms. The molecule has 0 atom stereocenters. The van der Waals surface area contributed by atoms with Gasteiger partial charge >= 0.3 is 0 Å². The lowest BCUT2D eigenvalue weighted by Gasteiger charge is -2.29. The zero-order valence-electron chi connectivity index (χ0n) is 50.8. The van der Waals surface area contributed by atoms with Gasteiger partial charge in [0.1, 0.15) is 17.5 Å². The van der Waals surface area contributed by atoms with Gasteiger partial charge in [0.25, 0.3) is 0 Å². The van der Waals surface area contributed by atoms with Crippen LogP contribution < -0.4 is 14.7 Å². The lowest BCUT2D eigenvalue weighted by molar-refractivity contribution is 0.590. The molecule has 2 heterocycles. The van der Waals surface area contributed by atoms with Gasteiger partial charge in [-0.05, 0) is 206 Å². The predicted octanol–water partition coefficient (Wildman–Crippen LogP) is 24.6. The minimum absolute atomic E-state index is 0.0648. The van der Waals surface area contributed by atoms with Crippen molar-refractivity contribution in [1.82, 2.24) is 9.97 Å². The molecular formula is C75H76Br3Cl2N5. The van der Waals surface area contributed by atoms with Gasteiger partial charge in [-0.2, -0.15) is 0 Å². The molecule has 0 radical (unpaired) electrons. The van der Waals surface area contributed by atoms with Crippen molar-refractivity contribution in [3.8, 4) is 0 Å². The monoisotopic (exact) mass is 1350 g/mol. The summed E-state index contributed by atoms with van der Waals surface area (Å²) in [6.07, 6.45) is 0.814. The molecule has 5 nitrogen and oxygen atoms in total. The van der Waals surface area contributed by atoms with Crippen LogP contribution in [-0.4, -0.2) is 9.97 Å². The second-order valence-corrected chi connectivity index (χ2v) is 28.5. The molecule has 0 saturated carbocycles. The van der Waals surface area contributed by atoms with Crippen molar-refractivity contribution in [1.29, 1.82) is 0 Å². The molecule has 0 bridgehead atoms. The van der Waals surface area contributed by atoms with E-state index >= 15 is 0 Å². The fourth-order valence-corrected chi connectivity index (χ4v) is 11.2. The molecule has 0 N–H and O–H groups in total. The maximum atomic E-state index is 6.86. The average Bonchev–Trinajstić information content (AvgIpc) is 2.95. The van der Waals surface area contributed by atoms with Crippen molar-refractivity contribution in [2.75, 3.05) is 14.7 Å². The van der Waals surface area contributed by atoms with Crippen molar-refractivity contribution < 1.29 is 0 Å². The standard InChI is InChI=1S/C37H37BrClN3.C32H36N2.C6H3Br2Cl/c1-36(2,3)26-18-22-29(23-19-26)41(30-24-20-27(21-25-30)37(4,5)6)33-16-11-17-34(40-33)42(28-12-8-7-9-13-28)32-15-10-14-31(38)35(32)39;1-31(2,3)25-15-19-28(20-16-25)34(29-21-17-26(18-22-29)32(4,5)6)30-14-10-13-27(33-30)23-24-11-8-7-9-12-24;7-4-2-1-3-5(8)6(4)9/h7-25H,1-6H3;7-22H,23H2,1-6H3;1-3H. The van der Waals surface area contributed by atoms with Crippen molar-refractivity contribution in [3.63, 3.8) is 0 Å². The van der Waals surface area contributed by atoms with E-state index in [-0.39, 0.29) is 21.7 Å². The summed E-state index contributed by atoms with van der Waals surface area (Å²) in [5.41, 5.74) is 14.0. The lowest BCUT2D eigenvalue weighted by atomic mass is 9.86. The third-order valence-corrected chi connectivity index (χ3v) is 18.0. The average molecular weight is 1360 g/mol. The van der Waals surface area contributed by atoms with E-state index in [9.17, 15) is 0 Å². The van der Waals surface area contributed by atoms with Gasteiger partial charge in [0, 0.05) is 54.0 Å². The maximum Gasteiger partial charge on any atom is 0.140 e. The molecule has 0 aliphatic heterocycles. The summed E-state index contributed by atoms with van der Waals surface area (Å²) >= 11 is 22.8. The zero-order valence-corrected chi connectivity index (χ0v) is 57.0. The first-order valence-corrected chi connectivity index (χ1v) is 31.8. The highest BCUT2D eigenvalue weighted by Crippen LogP contribution is 2.44. The normalized spacial score (nSPS) is 11.6. The fraction of sp³-hybridized carbons (Fsp3) is 0.227. The summed E-state index contributed by atoms with van der Waals surface area (Å²) in [6, 6.07) is 80.3. The van der Waals surface area contributed by atoms with Crippen LogP contribution in [0.1, 0.15) is 117 Å². The second-order valence-electron chi connectivity index (χ2n) is 25.1. The summed E-state index contributed by atoms with van der Waals surface area (Å²) in [7, 11) is 0. The van der Waals surface area contributed by atoms with Crippen LogP contribution in [0.2, 0.25) is 10.0 Å². The summed E-state index contributed by atoms with van der Waals surface area (Å²) in [5.74, 6) is 2.51. The molecule has 0 amide bonds. The van der Waals surface area contributed by atoms with Gasteiger partial charge in [0.2, 0.25) is 0 Å². The van der Waals surface area contributed by atoms with Crippen molar-refractivity contribution in [2.45, 2.75) is 111 Å². The number of rotatable bonds is 11. The topological polar surface area (TPSA) is 35.5 Å². The van der Waals surface area contributed by atoms with Gasteiger partial charge in [0.05, 0.1) is 15.7 Å². The Morgan fingerprint density at radius 2 is 0.612 bits per heavy atom. The van der Waals surface area contributed by atoms with Gasteiger partial charge < -0.3 is 0 Å². The second kappa shape index (κ2) is 27.9. The summed E-state index contributed by atoms with van der Waals surface area (Å²) in [6.45, 7) is 26.9. The molecule has 0 aliphatic rings. The van der Waals surface area contributed by atoms with Crippen LogP contribution in [-0.2, 0) is 28.1 Å². The van der Waals surface area contributed by atoms with Gasteiger partial charge in [-0.1, -0.05) is 228 Å². The van der Waals surface area contributed by atoms with Crippen molar-refractivity contribution in [2.24, 2.45) is 0 Å². The number of anilines is 9. The molecule has 0 spiro atoms. The molecule has 0 fully saturated rings. The van der Waals surface area contributed by atoms with Gasteiger partial charge in [-0.25, -0.2) is 9.97 Å². The predicted molar refractivity (Wildman–Crippen MR) is 376 cm³/mol. The number of halogens is 5. The van der Waals surface area contributed by atoms with Crippen LogP contribution in [0.5, 0.6) is 0 Å². The Kier molecular flexibility index (Phi) is 21.2. The van der Waals surface area contributed by atoms with Crippen molar-refractivity contribution >= 4 is 123 Å². The fourth-order valence-electron chi connectivity index (χ4n) is 9.54. The van der Waals surface area contributed by atoms with Crippen LogP contribution in [0.15, 0.2) is 244 Å². The third-order valence-electron chi connectivity index (χ3n) is 14.5. The number of hydrogen-bond donors (Lipinski definition) is 0. The minimum Gasteiger partial charge on any atom is -0.295 e. The van der Waals surface area contributed by atoms with Crippen LogP contribution in [0.3, 0.4) is 0 Å². The van der Waals surface area contributed by atoms with E-state index in [1.165, 1.54) is 27.8 Å². The van der Waals surface area contributed by atoms with E-state index in [4.69, 9.17) is 33.2 Å². The zero-order chi connectivity index (χ0) is 61.3. The Labute approximate surface area is 541 Å². The quantitative estimate of drug-likeness (QED) is 0.121. The minimum atomic E-state index is 0.0648. The molecule has 2 aromatic heterocycles.